The van der Waals surface area contributed by atoms with Crippen molar-refractivity contribution in [2.24, 2.45) is 0 Å². The molecule has 1 aromatic heterocycles. The van der Waals surface area contributed by atoms with Crippen molar-refractivity contribution in [2.75, 3.05) is 13.7 Å². The topological polar surface area (TPSA) is 37.9 Å². The summed E-state index contributed by atoms with van der Waals surface area (Å²) in [6, 6.07) is 3.51. The Bertz CT molecular complexity index is 534. The molecule has 0 saturated carbocycles. The van der Waals surface area contributed by atoms with Crippen molar-refractivity contribution in [2.45, 2.75) is 19.0 Å². The van der Waals surface area contributed by atoms with Crippen LogP contribution in [0.5, 0.6) is 0 Å². The molecule has 1 N–H and O–H groups in total. The Balaban J connectivity index is 2.23. The first kappa shape index (κ1) is 12.9. The maximum atomic E-state index is 12.5. The van der Waals surface area contributed by atoms with Crippen molar-refractivity contribution in [1.82, 2.24) is 9.97 Å². The summed E-state index contributed by atoms with van der Waals surface area (Å²) in [5.41, 5.74) is 0.301. The molecule has 1 aromatic carbocycles. The summed E-state index contributed by atoms with van der Waals surface area (Å²) in [6.45, 7) is 0.602. The van der Waals surface area contributed by atoms with Gasteiger partial charge in [-0.3, -0.25) is 0 Å². The fourth-order valence-electron chi connectivity index (χ4n) is 1.74. The van der Waals surface area contributed by atoms with Crippen LogP contribution < -0.4 is 0 Å². The Kier molecular flexibility index (Phi) is 3.56. The summed E-state index contributed by atoms with van der Waals surface area (Å²) in [5.74, 6) is 0.682. The van der Waals surface area contributed by atoms with E-state index in [9.17, 15) is 13.2 Å². The SMILES string of the molecule is COCCCc1nc2ccc(C(F)(F)F)cc2[nH]1. The number of nitrogens with one attached hydrogen (secondary N) is 1. The molecule has 1 heterocycles. The zero-order chi connectivity index (χ0) is 13.2. The fraction of sp³-hybridized carbons (Fsp3) is 0.417. The number of aromatic nitrogens is 2. The van der Waals surface area contributed by atoms with Gasteiger partial charge in [0.05, 0.1) is 16.6 Å². The van der Waals surface area contributed by atoms with E-state index in [-0.39, 0.29) is 0 Å². The lowest BCUT2D eigenvalue weighted by Crippen LogP contribution is -2.04. The third-order valence-corrected chi connectivity index (χ3v) is 2.62. The molecule has 98 valence electrons. The molecule has 0 aliphatic heterocycles. The second-order valence-electron chi connectivity index (χ2n) is 4.01. The van der Waals surface area contributed by atoms with Crippen LogP contribution in [0, 0.1) is 0 Å². The van der Waals surface area contributed by atoms with Gasteiger partial charge in [-0.05, 0) is 24.6 Å². The van der Waals surface area contributed by atoms with E-state index >= 15 is 0 Å². The number of fused-ring (bicyclic) bond motifs is 1. The van der Waals surface area contributed by atoms with E-state index in [1.165, 1.54) is 6.07 Å². The van der Waals surface area contributed by atoms with E-state index in [4.69, 9.17) is 4.74 Å². The second-order valence-corrected chi connectivity index (χ2v) is 4.01. The van der Waals surface area contributed by atoms with Crippen LogP contribution in [0.2, 0.25) is 0 Å². The minimum absolute atomic E-state index is 0.414. The van der Waals surface area contributed by atoms with Crippen molar-refractivity contribution in [3.05, 3.63) is 29.6 Å². The van der Waals surface area contributed by atoms with Gasteiger partial charge in [0.2, 0.25) is 0 Å². The quantitative estimate of drug-likeness (QED) is 0.855. The molecule has 0 spiro atoms. The molecular formula is C12H13F3N2O. The Morgan fingerprint density at radius 2 is 2.11 bits per heavy atom. The third-order valence-electron chi connectivity index (χ3n) is 2.62. The summed E-state index contributed by atoms with van der Waals surface area (Å²) < 4.78 is 42.5. The number of benzene rings is 1. The van der Waals surface area contributed by atoms with Crippen molar-refractivity contribution in [3.8, 4) is 0 Å². The van der Waals surface area contributed by atoms with Gasteiger partial charge in [-0.1, -0.05) is 0 Å². The molecule has 18 heavy (non-hydrogen) atoms. The molecule has 0 amide bonds. The molecule has 0 bridgehead atoms. The lowest BCUT2D eigenvalue weighted by atomic mass is 10.2. The van der Waals surface area contributed by atoms with Gasteiger partial charge in [-0.25, -0.2) is 4.98 Å². The molecule has 0 atom stereocenters. The van der Waals surface area contributed by atoms with Crippen molar-refractivity contribution >= 4 is 11.0 Å². The Hall–Kier alpha value is -1.56. The van der Waals surface area contributed by atoms with E-state index in [1.807, 2.05) is 0 Å². The van der Waals surface area contributed by atoms with E-state index in [1.54, 1.807) is 7.11 Å². The first-order chi connectivity index (χ1) is 8.50. The molecule has 6 heteroatoms. The van der Waals surface area contributed by atoms with Gasteiger partial charge < -0.3 is 9.72 Å². The highest BCUT2D eigenvalue weighted by Gasteiger charge is 2.30. The first-order valence-electron chi connectivity index (χ1n) is 5.55. The molecule has 0 unspecified atom stereocenters. The van der Waals surface area contributed by atoms with Crippen LogP contribution >= 0.6 is 0 Å². The third kappa shape index (κ3) is 2.81. The smallest absolute Gasteiger partial charge is 0.385 e. The molecule has 0 aliphatic carbocycles. The second kappa shape index (κ2) is 4.97. The average Bonchev–Trinajstić information content (AvgIpc) is 2.69. The summed E-state index contributed by atoms with van der Waals surface area (Å²) >= 11 is 0. The number of aromatic amines is 1. The van der Waals surface area contributed by atoms with Crippen molar-refractivity contribution in [1.29, 1.82) is 0 Å². The predicted octanol–water partition coefficient (Wildman–Crippen LogP) is 3.16. The lowest BCUT2D eigenvalue weighted by molar-refractivity contribution is -0.137. The van der Waals surface area contributed by atoms with Gasteiger partial charge in [-0.2, -0.15) is 13.2 Å². The first-order valence-corrected chi connectivity index (χ1v) is 5.55. The summed E-state index contributed by atoms with van der Waals surface area (Å²) in [5, 5.41) is 0. The molecule has 2 rings (SSSR count). The van der Waals surface area contributed by atoms with Gasteiger partial charge in [0.15, 0.2) is 0 Å². The minimum atomic E-state index is -4.32. The van der Waals surface area contributed by atoms with E-state index in [2.05, 4.69) is 9.97 Å². The zero-order valence-corrected chi connectivity index (χ0v) is 9.84. The Morgan fingerprint density at radius 1 is 1.33 bits per heavy atom. The van der Waals surface area contributed by atoms with Gasteiger partial charge >= 0.3 is 6.18 Å². The largest absolute Gasteiger partial charge is 0.416 e. The Morgan fingerprint density at radius 3 is 2.78 bits per heavy atom. The highest BCUT2D eigenvalue weighted by Crippen LogP contribution is 2.30. The highest BCUT2D eigenvalue weighted by molar-refractivity contribution is 5.76. The predicted molar refractivity (Wildman–Crippen MR) is 61.3 cm³/mol. The normalized spacial score (nSPS) is 12.2. The van der Waals surface area contributed by atoms with Gasteiger partial charge in [0.1, 0.15) is 5.82 Å². The number of ether oxygens (including phenoxy) is 1. The number of rotatable bonds is 4. The molecular weight excluding hydrogens is 245 g/mol. The van der Waals surface area contributed by atoms with Gasteiger partial charge in [0, 0.05) is 20.1 Å². The molecule has 0 radical (unpaired) electrons. The Labute approximate surface area is 102 Å². The van der Waals surface area contributed by atoms with Crippen LogP contribution in [0.1, 0.15) is 17.8 Å². The maximum Gasteiger partial charge on any atom is 0.416 e. The molecule has 3 nitrogen and oxygen atoms in total. The summed E-state index contributed by atoms with van der Waals surface area (Å²) in [6.07, 6.45) is -2.89. The van der Waals surface area contributed by atoms with Gasteiger partial charge in [0.25, 0.3) is 0 Å². The maximum absolute atomic E-state index is 12.5. The number of methoxy groups -OCH3 is 1. The summed E-state index contributed by atoms with van der Waals surface area (Å²) in [7, 11) is 1.61. The highest BCUT2D eigenvalue weighted by atomic mass is 19.4. The summed E-state index contributed by atoms with van der Waals surface area (Å²) in [4.78, 5) is 7.13. The van der Waals surface area contributed by atoms with Crippen LogP contribution in [0.15, 0.2) is 18.2 Å². The van der Waals surface area contributed by atoms with Crippen LogP contribution in [0.3, 0.4) is 0 Å². The fourth-order valence-corrected chi connectivity index (χ4v) is 1.74. The van der Waals surface area contributed by atoms with Crippen LogP contribution in [-0.2, 0) is 17.3 Å². The number of nitrogens with zero attached hydrogens (tertiary/aromatic N) is 1. The number of H-pyrrole nitrogens is 1. The van der Waals surface area contributed by atoms with E-state index < -0.39 is 11.7 Å². The molecule has 0 aliphatic rings. The van der Waals surface area contributed by atoms with Crippen molar-refractivity contribution < 1.29 is 17.9 Å². The standard InChI is InChI=1S/C12H13F3N2O/c1-18-6-2-3-11-16-9-5-4-8(12(13,14)15)7-10(9)17-11/h4-5,7H,2-3,6H2,1H3,(H,16,17). The lowest BCUT2D eigenvalue weighted by Gasteiger charge is -2.05. The molecule has 0 saturated heterocycles. The molecule has 2 aromatic rings. The minimum Gasteiger partial charge on any atom is -0.385 e. The number of hydrogen-bond donors (Lipinski definition) is 1. The van der Waals surface area contributed by atoms with Crippen LogP contribution in [0.25, 0.3) is 11.0 Å². The zero-order valence-electron chi connectivity index (χ0n) is 9.84. The van der Waals surface area contributed by atoms with Gasteiger partial charge in [-0.15, -0.1) is 0 Å². The van der Waals surface area contributed by atoms with E-state index in [0.29, 0.717) is 29.9 Å². The number of hydrogen-bond acceptors (Lipinski definition) is 2. The van der Waals surface area contributed by atoms with Crippen LogP contribution in [0.4, 0.5) is 13.2 Å². The number of halogens is 3. The van der Waals surface area contributed by atoms with Crippen LogP contribution in [-0.4, -0.2) is 23.7 Å². The molecule has 0 fully saturated rings. The number of alkyl halides is 3. The van der Waals surface area contributed by atoms with Crippen molar-refractivity contribution in [3.63, 3.8) is 0 Å². The average molecular weight is 258 g/mol. The number of imidazole rings is 1. The monoisotopic (exact) mass is 258 g/mol. The van der Waals surface area contributed by atoms with E-state index in [0.717, 1.165) is 18.6 Å². The number of aryl methyl sites for hydroxylation is 1.